The maximum absolute atomic E-state index is 6.23. The Morgan fingerprint density at radius 2 is 1.70 bits per heavy atom. The minimum Gasteiger partial charge on any atom is -0.484 e. The predicted octanol–water partition coefficient (Wildman–Crippen LogP) is 3.56. The molecule has 0 aliphatic heterocycles. The summed E-state index contributed by atoms with van der Waals surface area (Å²) in [6.07, 6.45) is 4.26. The topological polar surface area (TPSA) is 48.1 Å². The van der Waals surface area contributed by atoms with Crippen molar-refractivity contribution in [3.63, 3.8) is 0 Å². The molecule has 0 spiro atoms. The third-order valence-corrected chi connectivity index (χ3v) is 3.35. The molecule has 3 nitrogen and oxygen atoms in total. The molecule has 0 aliphatic rings. The normalized spacial score (nSPS) is 13.8. The first-order valence-electron chi connectivity index (χ1n) is 7.00. The number of nitrogens with two attached hydrogens (primary N) is 1. The highest BCUT2D eigenvalue weighted by Gasteiger charge is 2.20. The Morgan fingerprint density at radius 3 is 2.25 bits per heavy atom. The zero-order valence-electron chi connectivity index (χ0n) is 12.3. The zero-order valence-corrected chi connectivity index (χ0v) is 12.3. The van der Waals surface area contributed by atoms with E-state index >= 15 is 0 Å². The fourth-order valence-corrected chi connectivity index (χ4v) is 2.32. The first-order chi connectivity index (χ1) is 9.60. The number of nitrogens with zero attached hydrogens (tertiary/aromatic N) is 1. The Bertz CT molecular complexity index is 534. The average Bonchev–Trinajstić information content (AvgIpc) is 2.44. The lowest BCUT2D eigenvalue weighted by molar-refractivity contribution is 0.171. The largest absolute Gasteiger partial charge is 0.484 e. The van der Waals surface area contributed by atoms with Crippen LogP contribution in [0.25, 0.3) is 0 Å². The van der Waals surface area contributed by atoms with Gasteiger partial charge in [0.15, 0.2) is 0 Å². The summed E-state index contributed by atoms with van der Waals surface area (Å²) in [6, 6.07) is 10.1. The van der Waals surface area contributed by atoms with Crippen LogP contribution in [-0.2, 0) is 0 Å². The van der Waals surface area contributed by atoms with Gasteiger partial charge in [-0.3, -0.25) is 4.98 Å². The smallest absolute Gasteiger partial charge is 0.139 e. The summed E-state index contributed by atoms with van der Waals surface area (Å²) in [4.78, 5) is 4.05. The quantitative estimate of drug-likeness (QED) is 0.903. The zero-order chi connectivity index (χ0) is 14.5. The monoisotopic (exact) mass is 270 g/mol. The van der Waals surface area contributed by atoms with Gasteiger partial charge in [0.1, 0.15) is 11.9 Å². The maximum atomic E-state index is 6.23. The number of rotatable bonds is 5. The molecule has 1 aromatic carbocycles. The van der Waals surface area contributed by atoms with Gasteiger partial charge in [0.05, 0.1) is 0 Å². The Balaban J connectivity index is 2.28. The van der Waals surface area contributed by atoms with Gasteiger partial charge in [0.2, 0.25) is 0 Å². The first kappa shape index (κ1) is 14.5. The van der Waals surface area contributed by atoms with Crippen molar-refractivity contribution in [1.82, 2.24) is 4.98 Å². The molecular formula is C17H22N2O. The number of aryl methyl sites for hydroxylation is 2. The summed E-state index contributed by atoms with van der Waals surface area (Å²) in [7, 11) is 0. The number of hydrogen-bond acceptors (Lipinski definition) is 3. The standard InChI is InChI=1S/C17H22N2O/c1-4-16(18)17(14-5-7-19-8-6-14)20-15-10-12(2)9-13(3)11-15/h5-11,16-17H,4,18H2,1-3H3. The second kappa shape index (κ2) is 6.53. The molecule has 20 heavy (non-hydrogen) atoms. The molecule has 0 aliphatic carbocycles. The predicted molar refractivity (Wildman–Crippen MR) is 81.8 cm³/mol. The fraction of sp³-hybridized carbons (Fsp3) is 0.353. The fourth-order valence-electron chi connectivity index (χ4n) is 2.32. The van der Waals surface area contributed by atoms with Gasteiger partial charge in [-0.1, -0.05) is 13.0 Å². The van der Waals surface area contributed by atoms with Crippen LogP contribution in [0.5, 0.6) is 5.75 Å². The molecule has 2 rings (SSSR count). The SMILES string of the molecule is CCC(N)C(Oc1cc(C)cc(C)c1)c1ccncc1. The van der Waals surface area contributed by atoms with Crippen LogP contribution in [0.15, 0.2) is 42.7 Å². The first-order valence-corrected chi connectivity index (χ1v) is 7.00. The van der Waals surface area contributed by atoms with E-state index in [0.29, 0.717) is 0 Å². The van der Waals surface area contributed by atoms with Crippen LogP contribution in [0.4, 0.5) is 0 Å². The molecule has 0 saturated heterocycles. The molecule has 2 aromatic rings. The minimum absolute atomic E-state index is 0.0433. The second-order valence-corrected chi connectivity index (χ2v) is 5.21. The van der Waals surface area contributed by atoms with Crippen LogP contribution in [-0.4, -0.2) is 11.0 Å². The summed E-state index contributed by atoms with van der Waals surface area (Å²) in [6.45, 7) is 6.21. The van der Waals surface area contributed by atoms with E-state index in [9.17, 15) is 0 Å². The van der Waals surface area contributed by atoms with Crippen molar-refractivity contribution in [2.24, 2.45) is 5.73 Å². The summed E-state index contributed by atoms with van der Waals surface area (Å²) >= 11 is 0. The molecule has 2 unspecified atom stereocenters. The minimum atomic E-state index is -0.149. The van der Waals surface area contributed by atoms with Crippen molar-refractivity contribution in [2.45, 2.75) is 39.3 Å². The van der Waals surface area contributed by atoms with Crippen molar-refractivity contribution in [3.05, 3.63) is 59.4 Å². The van der Waals surface area contributed by atoms with Crippen molar-refractivity contribution in [2.75, 3.05) is 0 Å². The summed E-state index contributed by atoms with van der Waals surface area (Å²) in [5, 5.41) is 0. The van der Waals surface area contributed by atoms with Crippen molar-refractivity contribution >= 4 is 0 Å². The molecule has 2 N–H and O–H groups in total. The summed E-state index contributed by atoms with van der Waals surface area (Å²) in [5.41, 5.74) is 9.68. The molecule has 2 atom stereocenters. The van der Waals surface area contributed by atoms with Crippen LogP contribution in [0.1, 0.15) is 36.1 Å². The van der Waals surface area contributed by atoms with E-state index < -0.39 is 0 Å². The lowest BCUT2D eigenvalue weighted by Gasteiger charge is -2.25. The van der Waals surface area contributed by atoms with Crippen molar-refractivity contribution in [3.8, 4) is 5.75 Å². The Morgan fingerprint density at radius 1 is 1.10 bits per heavy atom. The molecule has 0 bridgehead atoms. The van der Waals surface area contributed by atoms with Gasteiger partial charge in [-0.05, 0) is 61.2 Å². The van der Waals surface area contributed by atoms with Gasteiger partial charge in [-0.2, -0.15) is 0 Å². The molecular weight excluding hydrogens is 248 g/mol. The number of hydrogen-bond donors (Lipinski definition) is 1. The van der Waals surface area contributed by atoms with E-state index in [4.69, 9.17) is 10.5 Å². The molecule has 0 fully saturated rings. The summed E-state index contributed by atoms with van der Waals surface area (Å²) in [5.74, 6) is 0.869. The second-order valence-electron chi connectivity index (χ2n) is 5.21. The number of aromatic nitrogens is 1. The van der Waals surface area contributed by atoms with Gasteiger partial charge in [0.25, 0.3) is 0 Å². The Kier molecular flexibility index (Phi) is 4.74. The van der Waals surface area contributed by atoms with Gasteiger partial charge < -0.3 is 10.5 Å². The van der Waals surface area contributed by atoms with Gasteiger partial charge in [0, 0.05) is 18.4 Å². The van der Waals surface area contributed by atoms with Gasteiger partial charge >= 0.3 is 0 Å². The van der Waals surface area contributed by atoms with Crippen LogP contribution in [0.3, 0.4) is 0 Å². The Hall–Kier alpha value is -1.87. The van der Waals surface area contributed by atoms with E-state index in [1.54, 1.807) is 12.4 Å². The third kappa shape index (κ3) is 3.58. The molecule has 1 heterocycles. The molecule has 0 radical (unpaired) electrons. The molecule has 1 aromatic heterocycles. The van der Waals surface area contributed by atoms with E-state index in [0.717, 1.165) is 17.7 Å². The maximum Gasteiger partial charge on any atom is 0.139 e. The highest BCUT2D eigenvalue weighted by atomic mass is 16.5. The lowest BCUT2D eigenvalue weighted by atomic mass is 10.0. The average molecular weight is 270 g/mol. The van der Waals surface area contributed by atoms with Crippen LogP contribution >= 0.6 is 0 Å². The van der Waals surface area contributed by atoms with E-state index in [1.807, 2.05) is 24.3 Å². The van der Waals surface area contributed by atoms with Gasteiger partial charge in [-0.25, -0.2) is 0 Å². The van der Waals surface area contributed by atoms with E-state index in [2.05, 4.69) is 31.8 Å². The number of benzene rings is 1. The lowest BCUT2D eigenvalue weighted by Crippen LogP contribution is -2.31. The highest BCUT2D eigenvalue weighted by molar-refractivity contribution is 5.34. The van der Waals surface area contributed by atoms with Crippen LogP contribution in [0, 0.1) is 13.8 Å². The Labute approximate surface area is 120 Å². The van der Waals surface area contributed by atoms with E-state index in [-0.39, 0.29) is 12.1 Å². The third-order valence-electron chi connectivity index (χ3n) is 3.35. The summed E-state index contributed by atoms with van der Waals surface area (Å²) < 4.78 is 6.16. The van der Waals surface area contributed by atoms with Crippen LogP contribution in [0.2, 0.25) is 0 Å². The molecule has 3 heteroatoms. The van der Waals surface area contributed by atoms with Crippen molar-refractivity contribution in [1.29, 1.82) is 0 Å². The highest BCUT2D eigenvalue weighted by Crippen LogP contribution is 2.26. The molecule has 106 valence electrons. The van der Waals surface area contributed by atoms with E-state index in [1.165, 1.54) is 11.1 Å². The molecule has 0 saturated carbocycles. The number of ether oxygens (including phenoxy) is 1. The van der Waals surface area contributed by atoms with Crippen LogP contribution < -0.4 is 10.5 Å². The molecule has 0 amide bonds. The number of pyridine rings is 1. The van der Waals surface area contributed by atoms with Gasteiger partial charge in [-0.15, -0.1) is 0 Å². The van der Waals surface area contributed by atoms with Crippen molar-refractivity contribution < 1.29 is 4.74 Å².